The lowest BCUT2D eigenvalue weighted by Crippen LogP contribution is -2.35. The molecule has 2 heterocycles. The Morgan fingerprint density at radius 3 is 2.81 bits per heavy atom. The molecule has 26 heavy (non-hydrogen) atoms. The Morgan fingerprint density at radius 2 is 2.00 bits per heavy atom. The lowest BCUT2D eigenvalue weighted by molar-refractivity contribution is -0.127. The quantitative estimate of drug-likeness (QED) is 0.622. The number of azo groups is 1. The zero-order valence-electron chi connectivity index (χ0n) is 13.1. The molecule has 132 valence electrons. The zero-order valence-corrected chi connectivity index (χ0v) is 14.6. The lowest BCUT2D eigenvalue weighted by Gasteiger charge is -2.23. The number of ether oxygens (including phenoxy) is 2. The summed E-state index contributed by atoms with van der Waals surface area (Å²) in [5.41, 5.74) is 0.510. The van der Waals surface area contributed by atoms with E-state index in [0.717, 1.165) is 0 Å². The molecule has 0 radical (unpaired) electrons. The van der Waals surface area contributed by atoms with Gasteiger partial charge < -0.3 is 19.6 Å². The summed E-state index contributed by atoms with van der Waals surface area (Å²) in [5, 5.41) is 18.7. The van der Waals surface area contributed by atoms with Crippen LogP contribution in [0.5, 0.6) is 17.4 Å². The van der Waals surface area contributed by atoms with E-state index in [9.17, 15) is 9.90 Å². The molecule has 3 aromatic rings. The molecule has 0 aliphatic carbocycles. The van der Waals surface area contributed by atoms with Crippen LogP contribution in [0.25, 0.3) is 10.9 Å². The highest BCUT2D eigenvalue weighted by Crippen LogP contribution is 2.40. The van der Waals surface area contributed by atoms with Crippen molar-refractivity contribution in [2.75, 3.05) is 6.61 Å². The predicted octanol–water partition coefficient (Wildman–Crippen LogP) is 4.63. The number of benzene rings is 2. The van der Waals surface area contributed by atoms with Gasteiger partial charge in [0.15, 0.2) is 17.2 Å². The topological polar surface area (TPSA) is 96.3 Å². The average molecular weight is 392 g/mol. The molecule has 7 nitrogen and oxygen atoms in total. The van der Waals surface area contributed by atoms with E-state index in [1.807, 2.05) is 0 Å². The number of hydrogen-bond donors (Lipinski definition) is 2. The van der Waals surface area contributed by atoms with Crippen LogP contribution in [0.15, 0.2) is 46.6 Å². The van der Waals surface area contributed by atoms with E-state index in [0.29, 0.717) is 32.4 Å². The minimum absolute atomic E-state index is 0.0202. The predicted molar refractivity (Wildman–Crippen MR) is 95.9 cm³/mol. The number of amides is 1. The van der Waals surface area contributed by atoms with Crippen molar-refractivity contribution in [3.8, 4) is 17.4 Å². The van der Waals surface area contributed by atoms with Crippen molar-refractivity contribution in [1.29, 1.82) is 0 Å². The highest BCUT2D eigenvalue weighted by atomic mass is 35.5. The van der Waals surface area contributed by atoms with Gasteiger partial charge in [-0.2, -0.15) is 0 Å². The first-order chi connectivity index (χ1) is 12.5. The summed E-state index contributed by atoms with van der Waals surface area (Å²) in [6.45, 7) is 0.0202. The first kappa shape index (κ1) is 16.7. The largest absolute Gasteiger partial charge is 0.493 e. The fourth-order valence-corrected chi connectivity index (χ4v) is 3.14. The molecule has 0 spiro atoms. The highest BCUT2D eigenvalue weighted by Gasteiger charge is 2.27. The fourth-order valence-electron chi connectivity index (χ4n) is 2.60. The first-order valence-electron chi connectivity index (χ1n) is 7.56. The molecule has 0 saturated carbocycles. The molecule has 1 amide bonds. The Bertz CT molecular complexity index is 1050. The van der Waals surface area contributed by atoms with Gasteiger partial charge in [-0.1, -0.05) is 35.3 Å². The smallest absolute Gasteiger partial charge is 0.308 e. The van der Waals surface area contributed by atoms with Crippen LogP contribution in [-0.4, -0.2) is 28.7 Å². The summed E-state index contributed by atoms with van der Waals surface area (Å²) in [7, 11) is 0. The van der Waals surface area contributed by atoms with Crippen LogP contribution in [-0.2, 0) is 4.79 Å². The van der Waals surface area contributed by atoms with E-state index >= 15 is 0 Å². The van der Waals surface area contributed by atoms with Crippen molar-refractivity contribution in [1.82, 2.24) is 4.98 Å². The summed E-state index contributed by atoms with van der Waals surface area (Å²) in [4.78, 5) is 15.0. The Kier molecular flexibility index (Phi) is 4.18. The minimum Gasteiger partial charge on any atom is -0.493 e. The molecule has 1 atom stereocenters. The Hall–Kier alpha value is -2.77. The first-order valence-corrected chi connectivity index (χ1v) is 8.32. The normalized spacial score (nSPS) is 16.3. The summed E-state index contributed by atoms with van der Waals surface area (Å²) in [6, 6.07) is 10.1. The van der Waals surface area contributed by atoms with Crippen LogP contribution in [0.1, 0.15) is 0 Å². The lowest BCUT2D eigenvalue weighted by atomic mass is 10.2. The molecule has 0 saturated heterocycles. The van der Waals surface area contributed by atoms with E-state index in [4.69, 9.17) is 32.7 Å². The Labute approximate surface area is 157 Å². The molecular weight excluding hydrogens is 381 g/mol. The SMILES string of the molecule is O=C(N=Nc1c(O)[nH]c2c(Cl)cc(Cl)cc12)[C@H]1COc2ccccc2O1. The number of nitrogens with zero attached hydrogens (tertiary/aromatic N) is 2. The van der Waals surface area contributed by atoms with Gasteiger partial charge >= 0.3 is 5.91 Å². The van der Waals surface area contributed by atoms with E-state index in [1.54, 1.807) is 30.3 Å². The zero-order chi connectivity index (χ0) is 18.3. The minimum atomic E-state index is -0.923. The van der Waals surface area contributed by atoms with Crippen molar-refractivity contribution in [2.45, 2.75) is 6.10 Å². The number of aromatic nitrogens is 1. The maximum Gasteiger partial charge on any atom is 0.308 e. The number of aromatic amines is 1. The van der Waals surface area contributed by atoms with Crippen molar-refractivity contribution in [2.24, 2.45) is 10.2 Å². The van der Waals surface area contributed by atoms with E-state index in [1.165, 1.54) is 6.07 Å². The third-order valence-corrected chi connectivity index (χ3v) is 4.33. The monoisotopic (exact) mass is 391 g/mol. The van der Waals surface area contributed by atoms with Gasteiger partial charge in [-0.3, -0.25) is 4.79 Å². The van der Waals surface area contributed by atoms with Crippen molar-refractivity contribution in [3.05, 3.63) is 46.4 Å². The number of carbonyl (C=O) groups excluding carboxylic acids is 1. The number of para-hydroxylation sites is 2. The molecule has 0 unspecified atom stereocenters. The fraction of sp³-hybridized carbons (Fsp3) is 0.118. The second-order valence-corrected chi connectivity index (χ2v) is 6.38. The average Bonchev–Trinajstić information content (AvgIpc) is 2.95. The number of carbonyl (C=O) groups is 1. The molecule has 0 bridgehead atoms. The standard InChI is InChI=1S/C17H11Cl2N3O4/c18-8-5-9-14(10(19)6-8)20-17(24)15(9)21-22-16(23)13-7-25-11-3-1-2-4-12(11)26-13/h1-6,13,20,24H,7H2/t13-/m1/s1. The molecule has 1 aliphatic rings. The van der Waals surface area contributed by atoms with Crippen molar-refractivity contribution < 1.29 is 19.4 Å². The highest BCUT2D eigenvalue weighted by molar-refractivity contribution is 6.38. The third kappa shape index (κ3) is 2.95. The maximum atomic E-state index is 12.3. The van der Waals surface area contributed by atoms with Crippen LogP contribution >= 0.6 is 23.2 Å². The molecule has 2 aromatic carbocycles. The number of nitrogens with one attached hydrogen (secondary N) is 1. The Morgan fingerprint density at radius 1 is 1.23 bits per heavy atom. The van der Waals surface area contributed by atoms with Gasteiger partial charge in [0.1, 0.15) is 6.61 Å². The molecule has 4 rings (SSSR count). The van der Waals surface area contributed by atoms with Crippen LogP contribution in [0.2, 0.25) is 10.0 Å². The van der Waals surface area contributed by atoms with Crippen LogP contribution in [0.3, 0.4) is 0 Å². The number of H-pyrrole nitrogens is 1. The van der Waals surface area contributed by atoms with Gasteiger partial charge in [-0.25, -0.2) is 0 Å². The number of hydrogen-bond acceptors (Lipinski definition) is 5. The van der Waals surface area contributed by atoms with Gasteiger partial charge in [0.25, 0.3) is 0 Å². The van der Waals surface area contributed by atoms with E-state index < -0.39 is 12.0 Å². The second-order valence-electron chi connectivity index (χ2n) is 5.53. The van der Waals surface area contributed by atoms with Gasteiger partial charge in [0.2, 0.25) is 12.0 Å². The van der Waals surface area contributed by atoms with Crippen LogP contribution < -0.4 is 9.47 Å². The second kappa shape index (κ2) is 6.51. The number of fused-ring (bicyclic) bond motifs is 2. The van der Waals surface area contributed by atoms with Gasteiger partial charge in [0, 0.05) is 10.4 Å². The van der Waals surface area contributed by atoms with Crippen LogP contribution in [0.4, 0.5) is 5.69 Å². The van der Waals surface area contributed by atoms with Gasteiger partial charge in [-0.15, -0.1) is 10.2 Å². The molecular formula is C17H11Cl2N3O4. The van der Waals surface area contributed by atoms with Crippen LogP contribution in [0, 0.1) is 0 Å². The number of rotatable bonds is 2. The molecule has 1 aromatic heterocycles. The Balaban J connectivity index is 1.60. The summed E-state index contributed by atoms with van der Waals surface area (Å²) in [5.74, 6) is 0.112. The van der Waals surface area contributed by atoms with Gasteiger partial charge in [0.05, 0.1) is 10.5 Å². The van der Waals surface area contributed by atoms with Crippen molar-refractivity contribution in [3.63, 3.8) is 0 Å². The molecule has 2 N–H and O–H groups in total. The third-order valence-electron chi connectivity index (χ3n) is 3.81. The maximum absolute atomic E-state index is 12.3. The van der Waals surface area contributed by atoms with E-state index in [2.05, 4.69) is 15.2 Å². The van der Waals surface area contributed by atoms with Gasteiger partial charge in [-0.05, 0) is 24.3 Å². The molecule has 0 fully saturated rings. The summed E-state index contributed by atoms with van der Waals surface area (Å²) < 4.78 is 11.1. The number of halogens is 2. The molecule has 1 aliphatic heterocycles. The summed E-state index contributed by atoms with van der Waals surface area (Å²) >= 11 is 12.1. The number of aromatic hydroxyl groups is 1. The van der Waals surface area contributed by atoms with E-state index in [-0.39, 0.29) is 18.2 Å². The van der Waals surface area contributed by atoms with Crippen molar-refractivity contribution >= 4 is 45.7 Å². The summed E-state index contributed by atoms with van der Waals surface area (Å²) in [6.07, 6.45) is -0.923. The molecule has 9 heteroatoms.